The predicted molar refractivity (Wildman–Crippen MR) is 130 cm³/mol. The molecule has 1 heterocycles. The smallest absolute Gasteiger partial charge is 0.255 e. The third-order valence-corrected chi connectivity index (χ3v) is 6.24. The number of amides is 2. The van der Waals surface area contributed by atoms with Crippen LogP contribution in [0.2, 0.25) is 5.02 Å². The molecule has 0 aliphatic carbocycles. The van der Waals surface area contributed by atoms with Gasteiger partial charge in [0.15, 0.2) is 6.10 Å². The summed E-state index contributed by atoms with van der Waals surface area (Å²) in [5.41, 5.74) is 6.99. The molecule has 10 heteroatoms. The fourth-order valence-corrected chi connectivity index (χ4v) is 4.13. The molecule has 3 rings (SSSR count). The van der Waals surface area contributed by atoms with Crippen molar-refractivity contribution in [3.05, 3.63) is 58.6 Å². The molecule has 184 valence electrons. The van der Waals surface area contributed by atoms with Gasteiger partial charge in [0.25, 0.3) is 11.8 Å². The zero-order valence-corrected chi connectivity index (χ0v) is 20.0. The van der Waals surface area contributed by atoms with Gasteiger partial charge in [-0.3, -0.25) is 14.5 Å². The summed E-state index contributed by atoms with van der Waals surface area (Å²) in [6.45, 7) is 2.27. The second-order valence-corrected chi connectivity index (χ2v) is 8.53. The molecule has 1 fully saturated rings. The van der Waals surface area contributed by atoms with Gasteiger partial charge in [-0.2, -0.15) is 0 Å². The fraction of sp³-hybridized carbons (Fsp3) is 0.417. The molecule has 1 aliphatic rings. The average molecular weight is 491 g/mol. The summed E-state index contributed by atoms with van der Waals surface area (Å²) < 4.78 is 10.9. The van der Waals surface area contributed by atoms with Gasteiger partial charge in [0.1, 0.15) is 5.75 Å². The summed E-state index contributed by atoms with van der Waals surface area (Å²) in [5, 5.41) is 16.2. The van der Waals surface area contributed by atoms with E-state index in [0.717, 1.165) is 0 Å². The summed E-state index contributed by atoms with van der Waals surface area (Å²) >= 11 is 6.09. The van der Waals surface area contributed by atoms with Crippen LogP contribution in [0.5, 0.6) is 5.75 Å². The predicted octanol–water partition coefficient (Wildman–Crippen LogP) is 1.60. The van der Waals surface area contributed by atoms with E-state index in [2.05, 4.69) is 15.5 Å². The molecule has 0 bridgehead atoms. The average Bonchev–Trinajstić information content (AvgIpc) is 2.85. The van der Waals surface area contributed by atoms with Gasteiger partial charge in [-0.15, -0.1) is 0 Å². The van der Waals surface area contributed by atoms with Crippen LogP contribution in [0.3, 0.4) is 0 Å². The van der Waals surface area contributed by atoms with Crippen LogP contribution in [0.1, 0.15) is 28.4 Å². The maximum atomic E-state index is 12.9. The Bertz CT molecular complexity index is 991. The first kappa shape index (κ1) is 25.8. The van der Waals surface area contributed by atoms with Crippen molar-refractivity contribution < 1.29 is 24.2 Å². The van der Waals surface area contributed by atoms with E-state index in [1.54, 1.807) is 31.4 Å². The van der Waals surface area contributed by atoms with Crippen molar-refractivity contribution in [2.24, 2.45) is 0 Å². The van der Waals surface area contributed by atoms with Crippen LogP contribution >= 0.6 is 11.6 Å². The van der Waals surface area contributed by atoms with E-state index in [9.17, 15) is 14.7 Å². The number of methoxy groups -OCH3 is 2. The Morgan fingerprint density at radius 1 is 1.26 bits per heavy atom. The Balaban J connectivity index is 1.50. The molecule has 1 unspecified atom stereocenters. The van der Waals surface area contributed by atoms with Crippen molar-refractivity contribution in [1.82, 2.24) is 15.5 Å². The fourth-order valence-electron chi connectivity index (χ4n) is 3.97. The molecule has 0 saturated carbocycles. The van der Waals surface area contributed by atoms with Gasteiger partial charge in [-0.25, -0.2) is 0 Å². The first-order valence-corrected chi connectivity index (χ1v) is 11.4. The normalized spacial score (nSPS) is 19.3. The van der Waals surface area contributed by atoms with Crippen molar-refractivity contribution in [1.29, 1.82) is 0 Å². The molecular formula is C24H31ClN4O5. The standard InChI is InChI=1S/C24H31ClN4O5/c1-33-20-13-18(26)17(25)12-16(20)23(31)28-19-8-10-29(14-21(19)34-2)11-9-27-24(32)22(30)15-6-4-3-5-7-15/h3-7,12-13,19,21-22,30H,8-11,14,26H2,1-2H3,(H,27,32)(H,28,31)/t19-,21+,22?/m1/s1. The van der Waals surface area contributed by atoms with Crippen LogP contribution in [-0.4, -0.2) is 74.4 Å². The van der Waals surface area contributed by atoms with Crippen LogP contribution in [0, 0.1) is 0 Å². The summed E-state index contributed by atoms with van der Waals surface area (Å²) in [6.07, 6.45) is -0.776. The Kier molecular flexibility index (Phi) is 9.12. The van der Waals surface area contributed by atoms with E-state index in [1.165, 1.54) is 19.2 Å². The molecule has 1 saturated heterocycles. The van der Waals surface area contributed by atoms with Crippen LogP contribution in [0.4, 0.5) is 5.69 Å². The highest BCUT2D eigenvalue weighted by Crippen LogP contribution is 2.29. The second-order valence-electron chi connectivity index (χ2n) is 8.12. The number of nitrogens with one attached hydrogen (secondary N) is 2. The Morgan fingerprint density at radius 3 is 2.68 bits per heavy atom. The minimum atomic E-state index is -1.20. The van der Waals surface area contributed by atoms with Crippen molar-refractivity contribution in [3.8, 4) is 5.75 Å². The Labute approximate surface area is 204 Å². The lowest BCUT2D eigenvalue weighted by molar-refractivity contribution is -0.129. The summed E-state index contributed by atoms with van der Waals surface area (Å²) in [7, 11) is 3.07. The van der Waals surface area contributed by atoms with Gasteiger partial charge in [-0.1, -0.05) is 41.9 Å². The number of hydrogen-bond acceptors (Lipinski definition) is 7. The highest BCUT2D eigenvalue weighted by Gasteiger charge is 2.31. The number of carbonyl (C=O) groups is 2. The van der Waals surface area contributed by atoms with E-state index in [4.69, 9.17) is 26.8 Å². The number of aliphatic hydroxyl groups excluding tert-OH is 1. The van der Waals surface area contributed by atoms with Crippen LogP contribution in [0.25, 0.3) is 0 Å². The Morgan fingerprint density at radius 2 is 2.00 bits per heavy atom. The number of carbonyl (C=O) groups excluding carboxylic acids is 2. The highest BCUT2D eigenvalue weighted by atomic mass is 35.5. The largest absolute Gasteiger partial charge is 0.496 e. The van der Waals surface area contributed by atoms with E-state index < -0.39 is 12.0 Å². The van der Waals surface area contributed by atoms with Gasteiger partial charge in [0, 0.05) is 39.4 Å². The topological polar surface area (TPSA) is 126 Å². The molecular weight excluding hydrogens is 460 g/mol. The van der Waals surface area contributed by atoms with Crippen LogP contribution in [0.15, 0.2) is 42.5 Å². The number of likely N-dealkylation sites (tertiary alicyclic amines) is 1. The first-order chi connectivity index (χ1) is 16.3. The van der Waals surface area contributed by atoms with Crippen molar-refractivity contribution in [2.75, 3.05) is 46.1 Å². The molecule has 5 N–H and O–H groups in total. The van der Waals surface area contributed by atoms with Gasteiger partial charge >= 0.3 is 0 Å². The zero-order chi connectivity index (χ0) is 24.7. The van der Waals surface area contributed by atoms with E-state index >= 15 is 0 Å². The van der Waals surface area contributed by atoms with Gasteiger partial charge in [0.2, 0.25) is 0 Å². The van der Waals surface area contributed by atoms with Crippen LogP contribution in [-0.2, 0) is 9.53 Å². The maximum Gasteiger partial charge on any atom is 0.255 e. The molecule has 3 atom stereocenters. The first-order valence-electron chi connectivity index (χ1n) is 11.0. The molecule has 2 aromatic rings. The maximum absolute atomic E-state index is 12.9. The number of hydrogen-bond donors (Lipinski definition) is 4. The lowest BCUT2D eigenvalue weighted by Gasteiger charge is -2.38. The number of halogens is 1. The van der Waals surface area contributed by atoms with Crippen molar-refractivity contribution in [2.45, 2.75) is 24.7 Å². The number of nitrogens with two attached hydrogens (primary N) is 1. The van der Waals surface area contributed by atoms with Crippen molar-refractivity contribution >= 4 is 29.1 Å². The molecule has 0 aromatic heterocycles. The van der Waals surface area contributed by atoms with E-state index in [-0.39, 0.29) is 23.1 Å². The molecule has 9 nitrogen and oxygen atoms in total. The zero-order valence-electron chi connectivity index (χ0n) is 19.3. The molecule has 0 spiro atoms. The summed E-state index contributed by atoms with van der Waals surface area (Å²) in [6, 6.07) is 11.6. The molecule has 1 aliphatic heterocycles. The SMILES string of the molecule is COc1cc(N)c(Cl)cc1C(=O)N[C@@H]1CCN(CCNC(=O)C(O)c2ccccc2)C[C@@H]1OC. The second kappa shape index (κ2) is 12.0. The lowest BCUT2D eigenvalue weighted by atomic mass is 10.0. The van der Waals surface area contributed by atoms with Crippen LogP contribution < -0.4 is 21.1 Å². The monoisotopic (exact) mass is 490 g/mol. The number of rotatable bonds is 9. The number of nitrogens with zero attached hydrogens (tertiary/aromatic N) is 1. The van der Waals surface area contributed by atoms with Crippen molar-refractivity contribution in [3.63, 3.8) is 0 Å². The number of benzene rings is 2. The number of nitrogen functional groups attached to an aromatic ring is 1. The van der Waals surface area contributed by atoms with E-state index in [1.807, 2.05) is 6.07 Å². The van der Waals surface area contributed by atoms with Gasteiger partial charge in [-0.05, 0) is 18.1 Å². The number of piperidine rings is 1. The minimum absolute atomic E-state index is 0.204. The summed E-state index contributed by atoms with van der Waals surface area (Å²) in [4.78, 5) is 27.3. The number of ether oxygens (including phenoxy) is 2. The highest BCUT2D eigenvalue weighted by molar-refractivity contribution is 6.33. The number of anilines is 1. The minimum Gasteiger partial charge on any atom is -0.496 e. The molecule has 34 heavy (non-hydrogen) atoms. The summed E-state index contributed by atoms with van der Waals surface area (Å²) in [5.74, 6) is -0.409. The van der Waals surface area contributed by atoms with Gasteiger partial charge in [0.05, 0.1) is 35.5 Å². The third kappa shape index (κ3) is 6.38. The molecule has 0 radical (unpaired) electrons. The molecule has 2 amide bonds. The lowest BCUT2D eigenvalue weighted by Crippen LogP contribution is -2.55. The third-order valence-electron chi connectivity index (χ3n) is 5.92. The molecule has 2 aromatic carbocycles. The number of aliphatic hydroxyl groups is 1. The Hall–Kier alpha value is -2.85. The van der Waals surface area contributed by atoms with E-state index in [0.29, 0.717) is 55.2 Å². The van der Waals surface area contributed by atoms with Gasteiger partial charge < -0.3 is 30.9 Å². The quantitative estimate of drug-likeness (QED) is 0.393.